The van der Waals surface area contributed by atoms with E-state index in [0.29, 0.717) is 23.9 Å². The Labute approximate surface area is 131 Å². The minimum absolute atomic E-state index is 0.0716. The Morgan fingerprint density at radius 1 is 1.36 bits per heavy atom. The van der Waals surface area contributed by atoms with E-state index >= 15 is 0 Å². The van der Waals surface area contributed by atoms with Crippen molar-refractivity contribution in [3.05, 3.63) is 23.8 Å². The number of ether oxygens (including phenoxy) is 1. The molecule has 1 saturated carbocycles. The first kappa shape index (κ1) is 15.4. The molecule has 1 aliphatic carbocycles. The van der Waals surface area contributed by atoms with Gasteiger partial charge in [-0.15, -0.1) is 0 Å². The van der Waals surface area contributed by atoms with E-state index in [9.17, 15) is 4.79 Å². The summed E-state index contributed by atoms with van der Waals surface area (Å²) in [6, 6.07) is 0. The zero-order chi connectivity index (χ0) is 15.4. The summed E-state index contributed by atoms with van der Waals surface area (Å²) in [6.07, 6.45) is 6.77. The molecule has 0 radical (unpaired) electrons. The molecule has 1 aromatic rings. The number of amides is 1. The highest BCUT2D eigenvalue weighted by molar-refractivity contribution is 5.93. The van der Waals surface area contributed by atoms with Crippen LogP contribution in [-0.4, -0.2) is 60.7 Å². The van der Waals surface area contributed by atoms with Crippen LogP contribution in [-0.2, 0) is 4.74 Å². The Morgan fingerprint density at radius 3 is 2.82 bits per heavy atom. The van der Waals surface area contributed by atoms with Gasteiger partial charge in [0.05, 0.1) is 12.2 Å². The monoisotopic (exact) mass is 304 g/mol. The minimum atomic E-state index is -0.0716. The maximum atomic E-state index is 12.1. The lowest BCUT2D eigenvalue weighted by atomic mass is 10.1. The van der Waals surface area contributed by atoms with Gasteiger partial charge in [-0.3, -0.25) is 4.79 Å². The summed E-state index contributed by atoms with van der Waals surface area (Å²) in [5.41, 5.74) is 0.554. The molecule has 1 aromatic heterocycles. The summed E-state index contributed by atoms with van der Waals surface area (Å²) in [4.78, 5) is 23.1. The normalized spacial score (nSPS) is 22.0. The van der Waals surface area contributed by atoms with Gasteiger partial charge in [0.1, 0.15) is 5.82 Å². The van der Waals surface area contributed by atoms with Crippen LogP contribution in [0.25, 0.3) is 0 Å². The van der Waals surface area contributed by atoms with Gasteiger partial charge in [-0.05, 0) is 31.7 Å². The topological polar surface area (TPSA) is 67.3 Å². The van der Waals surface area contributed by atoms with Gasteiger partial charge in [0.15, 0.2) is 0 Å². The summed E-state index contributed by atoms with van der Waals surface area (Å²) >= 11 is 0. The second kappa shape index (κ2) is 7.15. The predicted molar refractivity (Wildman–Crippen MR) is 82.8 cm³/mol. The van der Waals surface area contributed by atoms with Crippen molar-refractivity contribution >= 4 is 5.91 Å². The molecule has 0 unspecified atom stereocenters. The van der Waals surface area contributed by atoms with Crippen LogP contribution in [0, 0.1) is 5.92 Å². The molecule has 22 heavy (non-hydrogen) atoms. The van der Waals surface area contributed by atoms with Crippen molar-refractivity contribution in [2.75, 3.05) is 39.9 Å². The van der Waals surface area contributed by atoms with Crippen LogP contribution in [0.3, 0.4) is 0 Å². The standard InChI is InChI=1S/C16H24N4O2/c1-22-7-6-20-5-4-12(11-20)8-19-16(21)14-9-17-15(18-10-14)13-2-3-13/h9-10,12-13H,2-8,11H2,1H3,(H,19,21)/t12-/m0/s1. The fourth-order valence-corrected chi connectivity index (χ4v) is 2.85. The van der Waals surface area contributed by atoms with E-state index in [1.54, 1.807) is 19.5 Å². The summed E-state index contributed by atoms with van der Waals surface area (Å²) in [6.45, 7) is 4.57. The van der Waals surface area contributed by atoms with Gasteiger partial charge >= 0.3 is 0 Å². The van der Waals surface area contributed by atoms with Crippen LogP contribution in [0.5, 0.6) is 0 Å². The lowest BCUT2D eigenvalue weighted by molar-refractivity contribution is 0.0946. The SMILES string of the molecule is COCCN1CC[C@@H](CNC(=O)c2cnc(C3CC3)nc2)C1. The highest BCUT2D eigenvalue weighted by atomic mass is 16.5. The van der Waals surface area contributed by atoms with Crippen LogP contribution >= 0.6 is 0 Å². The van der Waals surface area contributed by atoms with Gasteiger partial charge in [0.2, 0.25) is 0 Å². The van der Waals surface area contributed by atoms with E-state index in [1.807, 2.05) is 0 Å². The van der Waals surface area contributed by atoms with Crippen molar-refractivity contribution in [3.63, 3.8) is 0 Å². The number of aromatic nitrogens is 2. The smallest absolute Gasteiger partial charge is 0.254 e. The zero-order valence-electron chi connectivity index (χ0n) is 13.1. The Bertz CT molecular complexity index is 501. The number of methoxy groups -OCH3 is 1. The zero-order valence-corrected chi connectivity index (χ0v) is 13.1. The number of carbonyl (C=O) groups excluding carboxylic acids is 1. The maximum absolute atomic E-state index is 12.1. The molecular formula is C16H24N4O2. The van der Waals surface area contributed by atoms with E-state index in [0.717, 1.165) is 38.5 Å². The first-order valence-electron chi connectivity index (χ1n) is 8.07. The van der Waals surface area contributed by atoms with Crippen LogP contribution < -0.4 is 5.32 Å². The lowest BCUT2D eigenvalue weighted by Gasteiger charge is -2.15. The van der Waals surface area contributed by atoms with Gasteiger partial charge in [-0.2, -0.15) is 0 Å². The van der Waals surface area contributed by atoms with Gasteiger partial charge in [-0.1, -0.05) is 0 Å². The van der Waals surface area contributed by atoms with Crippen molar-refractivity contribution < 1.29 is 9.53 Å². The summed E-state index contributed by atoms with van der Waals surface area (Å²) < 4.78 is 5.10. The van der Waals surface area contributed by atoms with Gasteiger partial charge in [-0.25, -0.2) is 9.97 Å². The molecule has 1 amide bonds. The molecule has 1 atom stereocenters. The van der Waals surface area contributed by atoms with Crippen molar-refractivity contribution in [1.29, 1.82) is 0 Å². The van der Waals surface area contributed by atoms with Crippen LogP contribution in [0.4, 0.5) is 0 Å². The molecule has 2 fully saturated rings. The van der Waals surface area contributed by atoms with E-state index in [1.165, 1.54) is 12.8 Å². The van der Waals surface area contributed by atoms with Gasteiger partial charge in [0.25, 0.3) is 5.91 Å². The number of rotatable bonds is 7. The van der Waals surface area contributed by atoms with Crippen LogP contribution in [0.1, 0.15) is 41.4 Å². The molecule has 0 spiro atoms. The number of likely N-dealkylation sites (tertiary alicyclic amines) is 1. The Balaban J connectivity index is 1.42. The van der Waals surface area contributed by atoms with Gasteiger partial charge < -0.3 is 15.0 Å². The fourth-order valence-electron chi connectivity index (χ4n) is 2.85. The molecule has 2 aliphatic rings. The Kier molecular flexibility index (Phi) is 5.00. The third-order valence-electron chi connectivity index (χ3n) is 4.41. The number of nitrogens with one attached hydrogen (secondary N) is 1. The van der Waals surface area contributed by atoms with E-state index in [2.05, 4.69) is 20.2 Å². The van der Waals surface area contributed by atoms with E-state index in [4.69, 9.17) is 4.74 Å². The predicted octanol–water partition coefficient (Wildman–Crippen LogP) is 1.05. The Morgan fingerprint density at radius 2 is 2.14 bits per heavy atom. The molecule has 3 rings (SSSR count). The van der Waals surface area contributed by atoms with Crippen molar-refractivity contribution in [2.45, 2.75) is 25.2 Å². The van der Waals surface area contributed by atoms with Gasteiger partial charge in [0, 0.05) is 45.1 Å². The van der Waals surface area contributed by atoms with Crippen LogP contribution in [0.2, 0.25) is 0 Å². The molecule has 1 saturated heterocycles. The molecule has 6 heteroatoms. The molecule has 1 aliphatic heterocycles. The quantitative estimate of drug-likeness (QED) is 0.815. The first-order valence-corrected chi connectivity index (χ1v) is 8.07. The molecule has 6 nitrogen and oxygen atoms in total. The molecule has 2 heterocycles. The first-order chi connectivity index (χ1) is 10.8. The Hall–Kier alpha value is -1.53. The maximum Gasteiger partial charge on any atom is 0.254 e. The highest BCUT2D eigenvalue weighted by Gasteiger charge is 2.26. The number of carbonyl (C=O) groups is 1. The van der Waals surface area contributed by atoms with E-state index < -0.39 is 0 Å². The molecular weight excluding hydrogens is 280 g/mol. The molecule has 0 bridgehead atoms. The summed E-state index contributed by atoms with van der Waals surface area (Å²) in [5, 5.41) is 3.00. The minimum Gasteiger partial charge on any atom is -0.383 e. The second-order valence-corrected chi connectivity index (χ2v) is 6.26. The van der Waals surface area contributed by atoms with Crippen molar-refractivity contribution in [1.82, 2.24) is 20.2 Å². The third kappa shape index (κ3) is 4.01. The third-order valence-corrected chi connectivity index (χ3v) is 4.41. The van der Waals surface area contributed by atoms with Crippen molar-refractivity contribution in [2.24, 2.45) is 5.92 Å². The molecule has 120 valence electrons. The second-order valence-electron chi connectivity index (χ2n) is 6.26. The average molecular weight is 304 g/mol. The lowest BCUT2D eigenvalue weighted by Crippen LogP contribution is -2.32. The van der Waals surface area contributed by atoms with Crippen molar-refractivity contribution in [3.8, 4) is 0 Å². The van der Waals surface area contributed by atoms with Crippen LogP contribution in [0.15, 0.2) is 12.4 Å². The number of hydrogen-bond acceptors (Lipinski definition) is 5. The largest absolute Gasteiger partial charge is 0.383 e. The van der Waals surface area contributed by atoms with E-state index in [-0.39, 0.29) is 5.91 Å². The summed E-state index contributed by atoms with van der Waals surface area (Å²) in [5.74, 6) is 1.85. The highest BCUT2D eigenvalue weighted by Crippen LogP contribution is 2.37. The number of hydrogen-bond donors (Lipinski definition) is 1. The fraction of sp³-hybridized carbons (Fsp3) is 0.688. The molecule has 1 N–H and O–H groups in total. The molecule has 0 aromatic carbocycles. The summed E-state index contributed by atoms with van der Waals surface area (Å²) in [7, 11) is 1.73. The average Bonchev–Trinajstić information content (AvgIpc) is 3.30. The number of nitrogens with zero attached hydrogens (tertiary/aromatic N) is 3.